The number of hydrogen-bond acceptors (Lipinski definition) is 6. The minimum atomic E-state index is -0.450. The maximum absolute atomic E-state index is 10.0. The van der Waals surface area contributed by atoms with Crippen LogP contribution in [0.25, 0.3) is 28.1 Å². The van der Waals surface area contributed by atoms with Gasteiger partial charge in [0.05, 0.1) is 17.8 Å². The number of allylic oxidation sites excluding steroid dienone is 1. The molecule has 1 aliphatic rings. The summed E-state index contributed by atoms with van der Waals surface area (Å²) in [5.41, 5.74) is 10.6. The van der Waals surface area contributed by atoms with E-state index in [0.29, 0.717) is 29.5 Å². The van der Waals surface area contributed by atoms with Gasteiger partial charge < -0.3 is 19.5 Å². The van der Waals surface area contributed by atoms with Crippen molar-refractivity contribution in [2.75, 3.05) is 0 Å². The Bertz CT molecular complexity index is 1550. The number of nitrogens with two attached hydrogens (primary N) is 1. The number of para-hydroxylation sites is 1. The predicted octanol–water partition coefficient (Wildman–Crippen LogP) is 4.72. The Balaban J connectivity index is 1.55. The summed E-state index contributed by atoms with van der Waals surface area (Å²) in [6.07, 6.45) is 5.35. The Morgan fingerprint density at radius 1 is 1.15 bits per heavy atom. The highest BCUT2D eigenvalue weighted by Crippen LogP contribution is 2.47. The standard InChI is InChI=1S/C26H20N6O2/c1-2-32-26-23(24(30-32)21-13-17-5-3-4-6-20(17)33-21)22(19(14-27)25(28)34-26)16-7-9-18(10-8-16)31-12-11-29-15-31/h3-13,15,22H,2,28H2,1H3. The van der Waals surface area contributed by atoms with Crippen LogP contribution in [0.4, 0.5) is 0 Å². The molecular weight excluding hydrogens is 428 g/mol. The Labute approximate surface area is 195 Å². The Morgan fingerprint density at radius 3 is 2.68 bits per heavy atom. The van der Waals surface area contributed by atoms with Crippen LogP contribution in [0, 0.1) is 11.3 Å². The minimum Gasteiger partial charge on any atom is -0.454 e. The number of hydrogen-bond donors (Lipinski definition) is 1. The fourth-order valence-corrected chi connectivity index (χ4v) is 4.47. The second kappa shape index (κ2) is 7.67. The van der Waals surface area contributed by atoms with Crippen molar-refractivity contribution in [3.8, 4) is 29.1 Å². The Morgan fingerprint density at radius 2 is 1.97 bits per heavy atom. The molecule has 1 atom stereocenters. The van der Waals surface area contributed by atoms with Crippen LogP contribution in [0.2, 0.25) is 0 Å². The molecule has 4 heterocycles. The zero-order valence-electron chi connectivity index (χ0n) is 18.3. The molecule has 0 saturated heterocycles. The van der Waals surface area contributed by atoms with Crippen LogP contribution >= 0.6 is 0 Å². The minimum absolute atomic E-state index is 0.0874. The molecule has 0 aliphatic carbocycles. The molecular formula is C26H20N6O2. The van der Waals surface area contributed by atoms with Crippen LogP contribution < -0.4 is 10.5 Å². The topological polar surface area (TPSA) is 108 Å². The summed E-state index contributed by atoms with van der Waals surface area (Å²) in [7, 11) is 0. The number of imidazole rings is 1. The van der Waals surface area contributed by atoms with E-state index in [4.69, 9.17) is 20.0 Å². The van der Waals surface area contributed by atoms with Crippen LogP contribution in [-0.2, 0) is 6.54 Å². The van der Waals surface area contributed by atoms with Gasteiger partial charge in [0.15, 0.2) is 5.76 Å². The van der Waals surface area contributed by atoms with Crippen LogP contribution in [0.1, 0.15) is 24.0 Å². The third-order valence-corrected chi connectivity index (χ3v) is 6.10. The molecule has 2 N–H and O–H groups in total. The van der Waals surface area contributed by atoms with Crippen molar-refractivity contribution in [3.05, 3.63) is 95.9 Å². The molecule has 1 unspecified atom stereocenters. The summed E-state index contributed by atoms with van der Waals surface area (Å²) in [5, 5.41) is 15.8. The zero-order chi connectivity index (χ0) is 23.2. The highest BCUT2D eigenvalue weighted by atomic mass is 16.5. The lowest BCUT2D eigenvalue weighted by atomic mass is 9.83. The van der Waals surface area contributed by atoms with Gasteiger partial charge in [0.25, 0.3) is 0 Å². The highest BCUT2D eigenvalue weighted by molar-refractivity contribution is 5.83. The molecule has 0 radical (unpaired) electrons. The van der Waals surface area contributed by atoms with Gasteiger partial charge in [-0.3, -0.25) is 0 Å². The largest absolute Gasteiger partial charge is 0.454 e. The third kappa shape index (κ3) is 2.98. The molecule has 1 aliphatic heterocycles. The van der Waals surface area contributed by atoms with E-state index >= 15 is 0 Å². The summed E-state index contributed by atoms with van der Waals surface area (Å²) in [5.74, 6) is 0.780. The molecule has 0 saturated carbocycles. The number of nitrogens with zero attached hydrogens (tertiary/aromatic N) is 5. The fourth-order valence-electron chi connectivity index (χ4n) is 4.47. The lowest BCUT2D eigenvalue weighted by Crippen LogP contribution is -2.22. The number of fused-ring (bicyclic) bond motifs is 2. The van der Waals surface area contributed by atoms with E-state index in [9.17, 15) is 5.26 Å². The molecule has 3 aromatic heterocycles. The average Bonchev–Trinajstić information content (AvgIpc) is 3.61. The number of aromatic nitrogens is 4. The molecule has 2 aromatic carbocycles. The van der Waals surface area contributed by atoms with Crippen molar-refractivity contribution in [2.24, 2.45) is 5.73 Å². The Kier molecular flexibility index (Phi) is 4.49. The molecule has 34 heavy (non-hydrogen) atoms. The van der Waals surface area contributed by atoms with Crippen molar-refractivity contribution in [2.45, 2.75) is 19.4 Å². The first-order chi connectivity index (χ1) is 16.7. The molecule has 0 spiro atoms. The van der Waals surface area contributed by atoms with Crippen molar-refractivity contribution < 1.29 is 9.15 Å². The Hall–Kier alpha value is -4.77. The normalized spacial score (nSPS) is 15.2. The van der Waals surface area contributed by atoms with Gasteiger partial charge in [-0.1, -0.05) is 30.3 Å². The fraction of sp³-hybridized carbons (Fsp3) is 0.115. The van der Waals surface area contributed by atoms with Crippen LogP contribution in [-0.4, -0.2) is 19.3 Å². The summed E-state index contributed by atoms with van der Waals surface area (Å²) < 4.78 is 15.8. The van der Waals surface area contributed by atoms with E-state index in [2.05, 4.69) is 11.1 Å². The number of rotatable bonds is 4. The first kappa shape index (κ1) is 19.9. The highest BCUT2D eigenvalue weighted by Gasteiger charge is 2.38. The van der Waals surface area contributed by atoms with Gasteiger partial charge in [0.1, 0.15) is 22.9 Å². The molecule has 8 nitrogen and oxygen atoms in total. The van der Waals surface area contributed by atoms with Gasteiger partial charge >= 0.3 is 0 Å². The monoisotopic (exact) mass is 448 g/mol. The number of ether oxygens (including phenoxy) is 1. The molecule has 5 aromatic rings. The third-order valence-electron chi connectivity index (χ3n) is 6.10. The maximum Gasteiger partial charge on any atom is 0.224 e. The second-order valence-corrected chi connectivity index (χ2v) is 8.02. The summed E-state index contributed by atoms with van der Waals surface area (Å²) in [6.45, 7) is 2.55. The molecule has 166 valence electrons. The average molecular weight is 448 g/mol. The number of aryl methyl sites for hydroxylation is 1. The van der Waals surface area contributed by atoms with Gasteiger partial charge in [-0.15, -0.1) is 0 Å². The smallest absolute Gasteiger partial charge is 0.224 e. The summed E-state index contributed by atoms with van der Waals surface area (Å²) >= 11 is 0. The first-order valence-electron chi connectivity index (χ1n) is 10.9. The molecule has 0 fully saturated rings. The van der Waals surface area contributed by atoms with Crippen molar-refractivity contribution >= 4 is 11.0 Å². The van der Waals surface area contributed by atoms with E-state index in [1.807, 2.05) is 72.3 Å². The molecule has 0 amide bonds. The van der Waals surface area contributed by atoms with Crippen molar-refractivity contribution in [1.82, 2.24) is 19.3 Å². The van der Waals surface area contributed by atoms with Crippen molar-refractivity contribution in [1.29, 1.82) is 5.26 Å². The predicted molar refractivity (Wildman–Crippen MR) is 126 cm³/mol. The van der Waals surface area contributed by atoms with E-state index < -0.39 is 5.92 Å². The van der Waals surface area contributed by atoms with Gasteiger partial charge in [-0.25, -0.2) is 9.67 Å². The molecule has 0 bridgehead atoms. The quantitative estimate of drug-likeness (QED) is 0.426. The van der Waals surface area contributed by atoms with E-state index in [-0.39, 0.29) is 5.88 Å². The number of benzene rings is 2. The van der Waals surface area contributed by atoms with E-state index in [0.717, 1.165) is 27.8 Å². The number of nitriles is 1. The first-order valence-corrected chi connectivity index (χ1v) is 10.9. The van der Waals surface area contributed by atoms with E-state index in [1.54, 1.807) is 17.2 Å². The molecule has 6 rings (SSSR count). The van der Waals surface area contributed by atoms with Crippen molar-refractivity contribution in [3.63, 3.8) is 0 Å². The van der Waals surface area contributed by atoms with Gasteiger partial charge in [-0.2, -0.15) is 10.4 Å². The van der Waals surface area contributed by atoms with Crippen LogP contribution in [0.15, 0.2) is 89.2 Å². The molecule has 8 heteroatoms. The zero-order valence-corrected chi connectivity index (χ0v) is 18.3. The number of furan rings is 1. The maximum atomic E-state index is 10.0. The van der Waals surface area contributed by atoms with Gasteiger partial charge in [0, 0.05) is 30.0 Å². The lowest BCUT2D eigenvalue weighted by molar-refractivity contribution is 0.350. The van der Waals surface area contributed by atoms with Gasteiger partial charge in [-0.05, 0) is 36.8 Å². The van der Waals surface area contributed by atoms with Crippen LogP contribution in [0.5, 0.6) is 5.88 Å². The van der Waals surface area contributed by atoms with Gasteiger partial charge in [0.2, 0.25) is 11.8 Å². The summed E-state index contributed by atoms with van der Waals surface area (Å²) in [6, 6.07) is 20.0. The lowest BCUT2D eigenvalue weighted by Gasteiger charge is -2.25. The van der Waals surface area contributed by atoms with Crippen LogP contribution in [0.3, 0.4) is 0 Å². The summed E-state index contributed by atoms with van der Waals surface area (Å²) in [4.78, 5) is 4.11. The SMILES string of the molecule is CCn1nc(-c2cc3ccccc3o2)c2c1OC(N)=C(C#N)C2c1ccc(-n2ccnc2)cc1. The van der Waals surface area contributed by atoms with E-state index in [1.165, 1.54) is 0 Å². The second-order valence-electron chi connectivity index (χ2n) is 8.02.